The molecule has 0 amide bonds. The van der Waals surface area contributed by atoms with Crippen molar-refractivity contribution in [2.75, 3.05) is 7.11 Å². The van der Waals surface area contributed by atoms with Crippen LogP contribution >= 0.6 is 11.6 Å². The first-order valence-corrected chi connectivity index (χ1v) is 9.17. The van der Waals surface area contributed by atoms with Crippen molar-refractivity contribution in [3.05, 3.63) is 71.2 Å². The Hall–Kier alpha value is -2.08. The maximum absolute atomic E-state index is 12.6. The minimum Gasteiger partial charge on any atom is -0.495 e. The van der Waals surface area contributed by atoms with Gasteiger partial charge in [-0.05, 0) is 34.5 Å². The molecule has 0 aromatic heterocycles. The molecule has 0 fully saturated rings. The van der Waals surface area contributed by atoms with E-state index in [2.05, 4.69) is 4.72 Å². The Labute approximate surface area is 146 Å². The van der Waals surface area contributed by atoms with E-state index in [1.165, 1.54) is 19.2 Å². The molecule has 0 radical (unpaired) electrons. The Kier molecular flexibility index (Phi) is 4.76. The van der Waals surface area contributed by atoms with Gasteiger partial charge in [-0.15, -0.1) is 0 Å². The monoisotopic (exact) mass is 361 g/mol. The standard InChI is InChI=1S/C18H16ClNO3S/c1-23-17-10-9-15(19)11-18(17)24(21,22)20-12-14-7-4-6-13-5-2-3-8-16(13)14/h2-11,20H,12H2,1H3. The Morgan fingerprint density at radius 2 is 1.79 bits per heavy atom. The predicted octanol–water partition coefficient (Wildman–Crippen LogP) is 3.98. The zero-order valence-electron chi connectivity index (χ0n) is 13.0. The molecule has 0 heterocycles. The SMILES string of the molecule is COc1ccc(Cl)cc1S(=O)(=O)NCc1cccc2ccccc12. The average molecular weight is 362 g/mol. The fourth-order valence-electron chi connectivity index (χ4n) is 2.56. The predicted molar refractivity (Wildman–Crippen MR) is 96.0 cm³/mol. The molecule has 0 atom stereocenters. The summed E-state index contributed by atoms with van der Waals surface area (Å²) in [7, 11) is -2.33. The molecule has 4 nitrogen and oxygen atoms in total. The normalized spacial score (nSPS) is 11.6. The summed E-state index contributed by atoms with van der Waals surface area (Å²) in [5.74, 6) is 0.254. The third-order valence-corrected chi connectivity index (χ3v) is 5.41. The molecular weight excluding hydrogens is 346 g/mol. The molecule has 1 N–H and O–H groups in total. The molecule has 0 aliphatic heterocycles. The highest BCUT2D eigenvalue weighted by molar-refractivity contribution is 7.89. The Morgan fingerprint density at radius 3 is 2.58 bits per heavy atom. The molecule has 6 heteroatoms. The van der Waals surface area contributed by atoms with Crippen molar-refractivity contribution in [2.24, 2.45) is 0 Å². The molecule has 0 saturated carbocycles. The van der Waals surface area contributed by atoms with Gasteiger partial charge in [-0.1, -0.05) is 54.1 Å². The van der Waals surface area contributed by atoms with E-state index < -0.39 is 10.0 Å². The zero-order valence-corrected chi connectivity index (χ0v) is 14.6. The van der Waals surface area contributed by atoms with Crippen LogP contribution in [0.1, 0.15) is 5.56 Å². The molecule has 3 aromatic carbocycles. The van der Waals surface area contributed by atoms with Crippen LogP contribution in [0.4, 0.5) is 0 Å². The number of sulfonamides is 1. The molecule has 0 bridgehead atoms. The van der Waals surface area contributed by atoms with Crippen LogP contribution in [0, 0.1) is 0 Å². The van der Waals surface area contributed by atoms with Gasteiger partial charge in [-0.25, -0.2) is 13.1 Å². The quantitative estimate of drug-likeness (QED) is 0.747. The van der Waals surface area contributed by atoms with Crippen molar-refractivity contribution in [2.45, 2.75) is 11.4 Å². The molecular formula is C18H16ClNO3S. The van der Waals surface area contributed by atoms with E-state index in [0.29, 0.717) is 5.02 Å². The molecule has 0 aliphatic rings. The summed E-state index contributed by atoms with van der Waals surface area (Å²) < 4.78 is 33.0. The highest BCUT2D eigenvalue weighted by Crippen LogP contribution is 2.27. The van der Waals surface area contributed by atoms with Gasteiger partial charge >= 0.3 is 0 Å². The number of halogens is 1. The Morgan fingerprint density at radius 1 is 1.04 bits per heavy atom. The summed E-state index contributed by atoms with van der Waals surface area (Å²) in [5, 5.41) is 2.41. The molecule has 0 unspecified atom stereocenters. The number of hydrogen-bond donors (Lipinski definition) is 1. The van der Waals surface area contributed by atoms with Crippen LogP contribution in [-0.4, -0.2) is 15.5 Å². The van der Waals surface area contributed by atoms with Crippen LogP contribution in [0.2, 0.25) is 5.02 Å². The zero-order chi connectivity index (χ0) is 17.2. The van der Waals surface area contributed by atoms with Gasteiger partial charge in [0.15, 0.2) is 0 Å². The van der Waals surface area contributed by atoms with Crippen LogP contribution in [0.15, 0.2) is 65.6 Å². The maximum Gasteiger partial charge on any atom is 0.244 e. The van der Waals surface area contributed by atoms with Crippen molar-refractivity contribution >= 4 is 32.4 Å². The number of fused-ring (bicyclic) bond motifs is 1. The molecule has 0 aliphatic carbocycles. The summed E-state index contributed by atoms with van der Waals surface area (Å²) in [6, 6.07) is 18.2. The van der Waals surface area contributed by atoms with Crippen molar-refractivity contribution < 1.29 is 13.2 Å². The van der Waals surface area contributed by atoms with Crippen LogP contribution in [0.25, 0.3) is 10.8 Å². The Balaban J connectivity index is 1.92. The number of benzene rings is 3. The van der Waals surface area contributed by atoms with Crippen molar-refractivity contribution in [3.63, 3.8) is 0 Å². The molecule has 3 rings (SSSR count). The third kappa shape index (κ3) is 3.38. The summed E-state index contributed by atoms with van der Waals surface area (Å²) in [4.78, 5) is 0.0257. The second-order valence-electron chi connectivity index (χ2n) is 5.26. The highest BCUT2D eigenvalue weighted by atomic mass is 35.5. The summed E-state index contributed by atoms with van der Waals surface area (Å²) >= 11 is 5.93. The number of ether oxygens (including phenoxy) is 1. The molecule has 124 valence electrons. The van der Waals surface area contributed by atoms with E-state index in [9.17, 15) is 8.42 Å². The third-order valence-electron chi connectivity index (χ3n) is 3.75. The average Bonchev–Trinajstić information content (AvgIpc) is 2.60. The minimum atomic E-state index is -3.75. The molecule has 0 spiro atoms. The van der Waals surface area contributed by atoms with E-state index in [1.807, 2.05) is 42.5 Å². The largest absolute Gasteiger partial charge is 0.495 e. The topological polar surface area (TPSA) is 55.4 Å². The van der Waals surface area contributed by atoms with Gasteiger partial charge < -0.3 is 4.74 Å². The van der Waals surface area contributed by atoms with E-state index in [-0.39, 0.29) is 17.2 Å². The van der Waals surface area contributed by atoms with E-state index in [4.69, 9.17) is 16.3 Å². The van der Waals surface area contributed by atoms with E-state index >= 15 is 0 Å². The second-order valence-corrected chi connectivity index (χ2v) is 7.43. The first-order chi connectivity index (χ1) is 11.5. The number of nitrogens with one attached hydrogen (secondary N) is 1. The second kappa shape index (κ2) is 6.81. The number of rotatable bonds is 5. The highest BCUT2D eigenvalue weighted by Gasteiger charge is 2.20. The summed E-state index contributed by atoms with van der Waals surface area (Å²) in [5.41, 5.74) is 0.901. The van der Waals surface area contributed by atoms with E-state index in [0.717, 1.165) is 16.3 Å². The van der Waals surface area contributed by atoms with Crippen LogP contribution in [-0.2, 0) is 16.6 Å². The van der Waals surface area contributed by atoms with Crippen LogP contribution in [0.5, 0.6) is 5.75 Å². The lowest BCUT2D eigenvalue weighted by molar-refractivity contribution is 0.402. The first-order valence-electron chi connectivity index (χ1n) is 7.31. The maximum atomic E-state index is 12.6. The van der Waals surface area contributed by atoms with Crippen molar-refractivity contribution in [1.82, 2.24) is 4.72 Å². The summed E-state index contributed by atoms with van der Waals surface area (Å²) in [6.45, 7) is 0.180. The first kappa shape index (κ1) is 16.8. The van der Waals surface area contributed by atoms with Gasteiger partial charge in [0.25, 0.3) is 0 Å². The van der Waals surface area contributed by atoms with E-state index in [1.54, 1.807) is 6.07 Å². The van der Waals surface area contributed by atoms with Crippen LogP contribution < -0.4 is 9.46 Å². The smallest absolute Gasteiger partial charge is 0.244 e. The van der Waals surface area contributed by atoms with Crippen molar-refractivity contribution in [1.29, 1.82) is 0 Å². The van der Waals surface area contributed by atoms with Gasteiger partial charge in [0.2, 0.25) is 10.0 Å². The Bertz CT molecular complexity index is 981. The van der Waals surface area contributed by atoms with Gasteiger partial charge in [0.05, 0.1) is 7.11 Å². The number of hydrogen-bond acceptors (Lipinski definition) is 3. The van der Waals surface area contributed by atoms with Gasteiger partial charge in [0.1, 0.15) is 10.6 Å². The molecule has 3 aromatic rings. The summed E-state index contributed by atoms with van der Waals surface area (Å²) in [6.07, 6.45) is 0. The molecule has 0 saturated heterocycles. The lowest BCUT2D eigenvalue weighted by Crippen LogP contribution is -2.24. The fraction of sp³-hybridized carbons (Fsp3) is 0.111. The van der Waals surface area contributed by atoms with Gasteiger partial charge in [-0.3, -0.25) is 0 Å². The fourth-order valence-corrected chi connectivity index (χ4v) is 3.99. The lowest BCUT2D eigenvalue weighted by atomic mass is 10.1. The van der Waals surface area contributed by atoms with Crippen molar-refractivity contribution in [3.8, 4) is 5.75 Å². The lowest BCUT2D eigenvalue weighted by Gasteiger charge is -2.12. The number of methoxy groups -OCH3 is 1. The minimum absolute atomic E-state index is 0.0257. The molecule has 24 heavy (non-hydrogen) atoms. The van der Waals surface area contributed by atoms with Gasteiger partial charge in [-0.2, -0.15) is 0 Å². The van der Waals surface area contributed by atoms with Gasteiger partial charge in [0, 0.05) is 11.6 Å². The van der Waals surface area contributed by atoms with Crippen LogP contribution in [0.3, 0.4) is 0 Å².